The number of allylic oxidation sites excluding steroid dienone is 1. The van der Waals surface area contributed by atoms with Crippen LogP contribution < -0.4 is 0 Å². The van der Waals surface area contributed by atoms with Gasteiger partial charge in [-0.1, -0.05) is 37.6 Å². The van der Waals surface area contributed by atoms with Crippen molar-refractivity contribution >= 4 is 11.8 Å². The number of benzene rings is 1. The van der Waals surface area contributed by atoms with E-state index in [2.05, 4.69) is 44.7 Å². The van der Waals surface area contributed by atoms with Crippen molar-refractivity contribution in [2.75, 3.05) is 5.75 Å². The van der Waals surface area contributed by atoms with Crippen LogP contribution in [0.5, 0.6) is 0 Å². The summed E-state index contributed by atoms with van der Waals surface area (Å²) in [5.41, 5.74) is 2.59. The lowest BCUT2D eigenvalue weighted by Crippen LogP contribution is -1.85. The number of hydrogen-bond acceptors (Lipinski definition) is 1. The third kappa shape index (κ3) is 5.08. The Morgan fingerprint density at radius 1 is 1.27 bits per heavy atom. The van der Waals surface area contributed by atoms with Crippen LogP contribution in [-0.4, -0.2) is 5.75 Å². The maximum Gasteiger partial charge on any atom is 0.00721 e. The molecule has 0 amide bonds. The summed E-state index contributed by atoms with van der Waals surface area (Å²) < 4.78 is 0. The first-order valence-electron chi connectivity index (χ1n) is 5.58. The monoisotopic (exact) mass is 220 g/mol. The zero-order chi connectivity index (χ0) is 11.1. The second-order valence-corrected chi connectivity index (χ2v) is 5.15. The largest absolute Gasteiger partial charge is 0.126 e. The molecular weight excluding hydrogens is 200 g/mol. The minimum Gasteiger partial charge on any atom is -0.126 e. The Bertz CT molecular complexity index is 298. The Balaban J connectivity index is 2.45. The van der Waals surface area contributed by atoms with E-state index in [1.54, 1.807) is 0 Å². The van der Waals surface area contributed by atoms with Crippen LogP contribution in [0.15, 0.2) is 41.3 Å². The molecule has 15 heavy (non-hydrogen) atoms. The van der Waals surface area contributed by atoms with Crippen LogP contribution in [0.4, 0.5) is 0 Å². The Hall–Kier alpha value is -0.690. The Labute approximate surface area is 97.8 Å². The van der Waals surface area contributed by atoms with E-state index in [0.717, 1.165) is 6.42 Å². The van der Waals surface area contributed by atoms with Crippen LogP contribution >= 0.6 is 11.8 Å². The number of hydrogen-bond donors (Lipinski definition) is 0. The van der Waals surface area contributed by atoms with Crippen molar-refractivity contribution in [2.24, 2.45) is 0 Å². The fourth-order valence-corrected chi connectivity index (χ4v) is 2.38. The van der Waals surface area contributed by atoms with Gasteiger partial charge in [-0.3, -0.25) is 0 Å². The maximum atomic E-state index is 3.93. The van der Waals surface area contributed by atoms with Crippen LogP contribution in [0.25, 0.3) is 0 Å². The minimum atomic E-state index is 1.000. The number of unbranched alkanes of at least 4 members (excludes halogenated alkanes) is 1. The molecule has 0 radical (unpaired) electrons. The molecule has 0 atom stereocenters. The highest BCUT2D eigenvalue weighted by Gasteiger charge is 1.95. The standard InChI is InChI=1S/C14H20S/c1-4-5-10-15-14-8-6-13(7-9-14)11-12(2)3/h6-9H,2,4-5,10-11H2,1,3H3. The van der Waals surface area contributed by atoms with Gasteiger partial charge >= 0.3 is 0 Å². The van der Waals surface area contributed by atoms with E-state index in [1.807, 2.05) is 11.8 Å². The summed E-state index contributed by atoms with van der Waals surface area (Å²) in [6.45, 7) is 8.23. The summed E-state index contributed by atoms with van der Waals surface area (Å²) in [6.07, 6.45) is 3.58. The molecule has 82 valence electrons. The van der Waals surface area contributed by atoms with Gasteiger partial charge in [0.1, 0.15) is 0 Å². The summed E-state index contributed by atoms with van der Waals surface area (Å²) in [5.74, 6) is 1.23. The fraction of sp³-hybridized carbons (Fsp3) is 0.429. The Kier molecular flexibility index (Phi) is 5.56. The SMILES string of the molecule is C=C(C)Cc1ccc(SCCCC)cc1. The van der Waals surface area contributed by atoms with Gasteiger partial charge in [-0.25, -0.2) is 0 Å². The smallest absolute Gasteiger partial charge is 0.00721 e. The van der Waals surface area contributed by atoms with E-state index in [4.69, 9.17) is 0 Å². The molecule has 0 aliphatic heterocycles. The lowest BCUT2D eigenvalue weighted by atomic mass is 10.1. The predicted molar refractivity (Wildman–Crippen MR) is 70.6 cm³/mol. The van der Waals surface area contributed by atoms with Gasteiger partial charge in [0.15, 0.2) is 0 Å². The molecule has 0 nitrogen and oxygen atoms in total. The molecule has 0 aliphatic rings. The molecule has 0 heterocycles. The Morgan fingerprint density at radius 3 is 2.47 bits per heavy atom. The first kappa shape index (κ1) is 12.4. The van der Waals surface area contributed by atoms with Crippen LogP contribution in [0.2, 0.25) is 0 Å². The highest BCUT2D eigenvalue weighted by Crippen LogP contribution is 2.20. The first-order chi connectivity index (χ1) is 7.22. The van der Waals surface area contributed by atoms with Crippen LogP contribution in [0, 0.1) is 0 Å². The van der Waals surface area contributed by atoms with Crippen molar-refractivity contribution in [1.29, 1.82) is 0 Å². The molecule has 0 saturated heterocycles. The van der Waals surface area contributed by atoms with E-state index in [0.29, 0.717) is 0 Å². The molecule has 0 aromatic heterocycles. The van der Waals surface area contributed by atoms with Gasteiger partial charge < -0.3 is 0 Å². The molecule has 0 unspecified atom stereocenters. The van der Waals surface area contributed by atoms with Crippen molar-refractivity contribution in [1.82, 2.24) is 0 Å². The van der Waals surface area contributed by atoms with Crippen molar-refractivity contribution in [3.05, 3.63) is 42.0 Å². The third-order valence-electron chi connectivity index (χ3n) is 2.20. The van der Waals surface area contributed by atoms with E-state index in [9.17, 15) is 0 Å². The minimum absolute atomic E-state index is 1.000. The molecule has 0 spiro atoms. The van der Waals surface area contributed by atoms with Gasteiger partial charge in [-0.2, -0.15) is 0 Å². The summed E-state index contributed by atoms with van der Waals surface area (Å²) in [7, 11) is 0. The van der Waals surface area contributed by atoms with Crippen molar-refractivity contribution in [3.63, 3.8) is 0 Å². The van der Waals surface area contributed by atoms with Gasteiger partial charge in [-0.05, 0) is 43.2 Å². The maximum absolute atomic E-state index is 3.93. The van der Waals surface area contributed by atoms with Crippen molar-refractivity contribution in [2.45, 2.75) is 38.0 Å². The number of thioether (sulfide) groups is 1. The quantitative estimate of drug-likeness (QED) is 0.380. The van der Waals surface area contributed by atoms with E-state index in [1.165, 1.54) is 34.6 Å². The van der Waals surface area contributed by atoms with E-state index in [-0.39, 0.29) is 0 Å². The Morgan fingerprint density at radius 2 is 1.93 bits per heavy atom. The van der Waals surface area contributed by atoms with Crippen LogP contribution in [0.1, 0.15) is 32.3 Å². The average molecular weight is 220 g/mol. The highest BCUT2D eigenvalue weighted by molar-refractivity contribution is 7.99. The normalized spacial score (nSPS) is 10.3. The van der Waals surface area contributed by atoms with Gasteiger partial charge in [0.05, 0.1) is 0 Å². The molecule has 1 aromatic rings. The van der Waals surface area contributed by atoms with Crippen LogP contribution in [0.3, 0.4) is 0 Å². The second-order valence-electron chi connectivity index (χ2n) is 3.98. The molecule has 1 rings (SSSR count). The molecule has 1 aromatic carbocycles. The molecule has 0 fully saturated rings. The van der Waals surface area contributed by atoms with Crippen molar-refractivity contribution in [3.8, 4) is 0 Å². The molecule has 1 heteroatoms. The average Bonchev–Trinajstić information content (AvgIpc) is 2.20. The highest BCUT2D eigenvalue weighted by atomic mass is 32.2. The molecule has 0 N–H and O–H groups in total. The van der Waals surface area contributed by atoms with Gasteiger partial charge in [0.2, 0.25) is 0 Å². The molecule has 0 aliphatic carbocycles. The fourth-order valence-electron chi connectivity index (χ4n) is 1.39. The van der Waals surface area contributed by atoms with Gasteiger partial charge in [0.25, 0.3) is 0 Å². The molecular formula is C14H20S. The summed E-state index contributed by atoms with van der Waals surface area (Å²) in [4.78, 5) is 1.38. The van der Waals surface area contributed by atoms with Gasteiger partial charge in [0, 0.05) is 4.90 Å². The predicted octanol–water partition coefficient (Wildman–Crippen LogP) is 4.70. The van der Waals surface area contributed by atoms with E-state index < -0.39 is 0 Å². The third-order valence-corrected chi connectivity index (χ3v) is 3.29. The van der Waals surface area contributed by atoms with Gasteiger partial charge in [-0.15, -0.1) is 11.8 Å². The molecule has 0 bridgehead atoms. The summed E-state index contributed by atoms with van der Waals surface area (Å²) in [5, 5.41) is 0. The number of rotatable bonds is 6. The lowest BCUT2D eigenvalue weighted by Gasteiger charge is -2.03. The first-order valence-corrected chi connectivity index (χ1v) is 6.57. The van der Waals surface area contributed by atoms with Crippen LogP contribution in [-0.2, 0) is 6.42 Å². The topological polar surface area (TPSA) is 0 Å². The molecule has 0 saturated carbocycles. The zero-order valence-corrected chi connectivity index (χ0v) is 10.6. The lowest BCUT2D eigenvalue weighted by molar-refractivity contribution is 0.896. The summed E-state index contributed by atoms with van der Waals surface area (Å²) >= 11 is 1.95. The van der Waals surface area contributed by atoms with Crippen molar-refractivity contribution < 1.29 is 0 Å². The van der Waals surface area contributed by atoms with E-state index >= 15 is 0 Å². The summed E-state index contributed by atoms with van der Waals surface area (Å²) in [6, 6.07) is 8.86. The second kappa shape index (κ2) is 6.73. The zero-order valence-electron chi connectivity index (χ0n) is 9.75.